The number of nitrogens with one attached hydrogen (secondary N) is 1. The SMILES string of the molecule is COCCOCCCNC(COC)C(C)C. The number of methoxy groups -OCH3 is 2. The molecule has 98 valence electrons. The van der Waals surface area contributed by atoms with Crippen LogP contribution in [0.15, 0.2) is 0 Å². The maximum Gasteiger partial charge on any atom is 0.0700 e. The lowest BCUT2D eigenvalue weighted by Gasteiger charge is -2.21. The van der Waals surface area contributed by atoms with Crippen LogP contribution in [0, 0.1) is 5.92 Å². The summed E-state index contributed by atoms with van der Waals surface area (Å²) < 4.78 is 15.4. The van der Waals surface area contributed by atoms with Crippen LogP contribution < -0.4 is 5.32 Å². The van der Waals surface area contributed by atoms with Crippen LogP contribution in [0.5, 0.6) is 0 Å². The predicted octanol–water partition coefficient (Wildman–Crippen LogP) is 1.30. The van der Waals surface area contributed by atoms with Gasteiger partial charge in [0.15, 0.2) is 0 Å². The Labute approximate surface area is 99.6 Å². The Bertz CT molecular complexity index is 142. The molecule has 0 fully saturated rings. The lowest BCUT2D eigenvalue weighted by molar-refractivity contribution is 0.0683. The summed E-state index contributed by atoms with van der Waals surface area (Å²) >= 11 is 0. The van der Waals surface area contributed by atoms with Crippen LogP contribution >= 0.6 is 0 Å². The van der Waals surface area contributed by atoms with Crippen molar-refractivity contribution >= 4 is 0 Å². The van der Waals surface area contributed by atoms with Crippen LogP contribution in [0.4, 0.5) is 0 Å². The van der Waals surface area contributed by atoms with E-state index in [0.717, 1.165) is 26.2 Å². The van der Waals surface area contributed by atoms with E-state index in [-0.39, 0.29) is 0 Å². The van der Waals surface area contributed by atoms with Crippen LogP contribution in [-0.4, -0.2) is 53.2 Å². The lowest BCUT2D eigenvalue weighted by atomic mass is 10.1. The van der Waals surface area contributed by atoms with E-state index >= 15 is 0 Å². The smallest absolute Gasteiger partial charge is 0.0700 e. The van der Waals surface area contributed by atoms with Crippen molar-refractivity contribution in [2.45, 2.75) is 26.3 Å². The second-order valence-electron chi connectivity index (χ2n) is 4.22. The molecule has 0 aromatic rings. The van der Waals surface area contributed by atoms with E-state index in [0.29, 0.717) is 25.2 Å². The first kappa shape index (κ1) is 15.8. The van der Waals surface area contributed by atoms with Crippen LogP contribution in [0.25, 0.3) is 0 Å². The largest absolute Gasteiger partial charge is 0.383 e. The molecule has 0 saturated carbocycles. The molecule has 0 bridgehead atoms. The highest BCUT2D eigenvalue weighted by Crippen LogP contribution is 2.01. The second kappa shape index (κ2) is 11.3. The summed E-state index contributed by atoms with van der Waals surface area (Å²) in [4.78, 5) is 0. The van der Waals surface area contributed by atoms with Crippen molar-refractivity contribution in [1.29, 1.82) is 0 Å². The molecular formula is C12H27NO3. The molecular weight excluding hydrogens is 206 g/mol. The summed E-state index contributed by atoms with van der Waals surface area (Å²) in [6, 6.07) is 0.434. The predicted molar refractivity (Wildman–Crippen MR) is 65.8 cm³/mol. The van der Waals surface area contributed by atoms with Gasteiger partial charge in [0.1, 0.15) is 0 Å². The maximum absolute atomic E-state index is 5.38. The molecule has 0 spiro atoms. The zero-order chi connectivity index (χ0) is 12.2. The Balaban J connectivity index is 3.33. The van der Waals surface area contributed by atoms with Crippen molar-refractivity contribution in [3.63, 3.8) is 0 Å². The van der Waals surface area contributed by atoms with Crippen molar-refractivity contribution in [3.05, 3.63) is 0 Å². The first-order valence-electron chi connectivity index (χ1n) is 6.01. The molecule has 0 aromatic heterocycles. The molecule has 0 saturated heterocycles. The third-order valence-corrected chi connectivity index (χ3v) is 2.45. The average molecular weight is 233 g/mol. The van der Waals surface area contributed by atoms with Crippen molar-refractivity contribution in [1.82, 2.24) is 5.32 Å². The van der Waals surface area contributed by atoms with Gasteiger partial charge in [0.2, 0.25) is 0 Å². The molecule has 1 atom stereocenters. The van der Waals surface area contributed by atoms with E-state index in [2.05, 4.69) is 19.2 Å². The van der Waals surface area contributed by atoms with E-state index in [9.17, 15) is 0 Å². The zero-order valence-corrected chi connectivity index (χ0v) is 11.1. The first-order chi connectivity index (χ1) is 7.72. The highest BCUT2D eigenvalue weighted by Gasteiger charge is 2.11. The molecule has 0 aliphatic carbocycles. The Morgan fingerprint density at radius 1 is 1.00 bits per heavy atom. The fraction of sp³-hybridized carbons (Fsp3) is 1.00. The van der Waals surface area contributed by atoms with Gasteiger partial charge in [-0.05, 0) is 18.9 Å². The monoisotopic (exact) mass is 233 g/mol. The first-order valence-corrected chi connectivity index (χ1v) is 6.01. The van der Waals surface area contributed by atoms with Crippen LogP contribution in [-0.2, 0) is 14.2 Å². The number of rotatable bonds is 11. The summed E-state index contributed by atoms with van der Waals surface area (Å²) in [5, 5.41) is 3.47. The summed E-state index contributed by atoms with van der Waals surface area (Å²) in [6.07, 6.45) is 1.02. The molecule has 4 nitrogen and oxygen atoms in total. The molecule has 0 aliphatic heterocycles. The molecule has 0 aliphatic rings. The van der Waals surface area contributed by atoms with Crippen molar-refractivity contribution < 1.29 is 14.2 Å². The minimum absolute atomic E-state index is 0.434. The van der Waals surface area contributed by atoms with E-state index in [1.807, 2.05) is 0 Å². The van der Waals surface area contributed by atoms with Gasteiger partial charge in [-0.3, -0.25) is 0 Å². The average Bonchev–Trinajstić information content (AvgIpc) is 2.26. The van der Waals surface area contributed by atoms with E-state index in [1.54, 1.807) is 14.2 Å². The minimum Gasteiger partial charge on any atom is -0.383 e. The van der Waals surface area contributed by atoms with Gasteiger partial charge in [0.05, 0.1) is 19.8 Å². The summed E-state index contributed by atoms with van der Waals surface area (Å²) in [7, 11) is 3.42. The molecule has 1 unspecified atom stereocenters. The van der Waals surface area contributed by atoms with Gasteiger partial charge >= 0.3 is 0 Å². The Kier molecular flexibility index (Phi) is 11.2. The number of ether oxygens (including phenoxy) is 3. The highest BCUT2D eigenvalue weighted by molar-refractivity contribution is 4.69. The van der Waals surface area contributed by atoms with E-state index < -0.39 is 0 Å². The van der Waals surface area contributed by atoms with Gasteiger partial charge in [-0.25, -0.2) is 0 Å². The van der Waals surface area contributed by atoms with Crippen molar-refractivity contribution in [3.8, 4) is 0 Å². The summed E-state index contributed by atoms with van der Waals surface area (Å²) in [5.74, 6) is 0.592. The number of hydrogen-bond acceptors (Lipinski definition) is 4. The molecule has 0 rings (SSSR count). The van der Waals surface area contributed by atoms with Crippen molar-refractivity contribution in [2.24, 2.45) is 5.92 Å². The molecule has 0 radical (unpaired) electrons. The lowest BCUT2D eigenvalue weighted by Crippen LogP contribution is -2.38. The molecule has 4 heteroatoms. The zero-order valence-electron chi connectivity index (χ0n) is 11.1. The minimum atomic E-state index is 0.434. The molecule has 16 heavy (non-hydrogen) atoms. The normalized spacial score (nSPS) is 13.3. The topological polar surface area (TPSA) is 39.7 Å². The van der Waals surface area contributed by atoms with Gasteiger partial charge < -0.3 is 19.5 Å². The van der Waals surface area contributed by atoms with Crippen molar-refractivity contribution in [2.75, 3.05) is 47.2 Å². The fourth-order valence-corrected chi connectivity index (χ4v) is 1.37. The third-order valence-electron chi connectivity index (χ3n) is 2.45. The molecule has 0 aromatic carbocycles. The Morgan fingerprint density at radius 2 is 1.75 bits per heavy atom. The van der Waals surface area contributed by atoms with Crippen LogP contribution in [0.3, 0.4) is 0 Å². The van der Waals surface area contributed by atoms with Gasteiger partial charge in [-0.15, -0.1) is 0 Å². The molecule has 0 heterocycles. The third kappa shape index (κ3) is 9.09. The standard InChI is InChI=1S/C12H27NO3/c1-11(2)12(10-15-4)13-6-5-7-16-9-8-14-3/h11-13H,5-10H2,1-4H3. The van der Waals surface area contributed by atoms with Crippen LogP contribution in [0.2, 0.25) is 0 Å². The Morgan fingerprint density at radius 3 is 2.31 bits per heavy atom. The van der Waals surface area contributed by atoms with Crippen LogP contribution in [0.1, 0.15) is 20.3 Å². The second-order valence-corrected chi connectivity index (χ2v) is 4.22. The Hall–Kier alpha value is -0.160. The number of hydrogen-bond donors (Lipinski definition) is 1. The molecule has 1 N–H and O–H groups in total. The highest BCUT2D eigenvalue weighted by atomic mass is 16.5. The summed E-state index contributed by atoms with van der Waals surface area (Å²) in [6.45, 7) is 8.28. The van der Waals surface area contributed by atoms with Gasteiger partial charge in [0.25, 0.3) is 0 Å². The van der Waals surface area contributed by atoms with Gasteiger partial charge in [0, 0.05) is 26.9 Å². The molecule has 0 amide bonds. The van der Waals surface area contributed by atoms with Gasteiger partial charge in [-0.1, -0.05) is 13.8 Å². The van der Waals surface area contributed by atoms with E-state index in [1.165, 1.54) is 0 Å². The summed E-state index contributed by atoms with van der Waals surface area (Å²) in [5.41, 5.74) is 0. The van der Waals surface area contributed by atoms with E-state index in [4.69, 9.17) is 14.2 Å². The quantitative estimate of drug-likeness (QED) is 0.546. The maximum atomic E-state index is 5.38. The van der Waals surface area contributed by atoms with Gasteiger partial charge in [-0.2, -0.15) is 0 Å². The fourth-order valence-electron chi connectivity index (χ4n) is 1.37.